The summed E-state index contributed by atoms with van der Waals surface area (Å²) in [6.45, 7) is 4.71. The second kappa shape index (κ2) is 10.8. The summed E-state index contributed by atoms with van der Waals surface area (Å²) in [6.07, 6.45) is 5.95. The molecule has 204 valence electrons. The minimum absolute atomic E-state index is 0.0794. The van der Waals surface area contributed by atoms with Gasteiger partial charge < -0.3 is 24.5 Å². The van der Waals surface area contributed by atoms with Crippen LogP contribution in [0.5, 0.6) is 0 Å². The quantitative estimate of drug-likeness (QED) is 0.474. The fraction of sp³-hybridized carbons (Fsp3) is 0.571. The van der Waals surface area contributed by atoms with Gasteiger partial charge in [-0.05, 0) is 42.7 Å². The standard InChI is InChI=1S/C28H36FN5O4/c1-5-21-20(14-38-33-21)27(35)32-24(16-8-6-15(2)7-9-16)26-30-22-11-10-17(23(29)25(22)31-26)18-12-37-13-19(18)28(36)34(3)4/h10-11,14-16,18-19,24H,5-9,12-13H2,1-4H3,(H,30,31)(H,32,35). The van der Waals surface area contributed by atoms with Gasteiger partial charge in [-0.15, -0.1) is 0 Å². The molecule has 5 rings (SSSR count). The lowest BCUT2D eigenvalue weighted by Gasteiger charge is -2.32. The summed E-state index contributed by atoms with van der Waals surface area (Å²) >= 11 is 0. The van der Waals surface area contributed by atoms with E-state index in [-0.39, 0.29) is 42.4 Å². The number of aromatic nitrogens is 3. The second-order valence-corrected chi connectivity index (χ2v) is 11.0. The molecule has 2 aromatic heterocycles. The summed E-state index contributed by atoms with van der Waals surface area (Å²) in [7, 11) is 3.39. The molecular formula is C28H36FN5O4. The highest BCUT2D eigenvalue weighted by atomic mass is 19.1. The minimum Gasteiger partial charge on any atom is -0.380 e. The number of hydrogen-bond acceptors (Lipinski definition) is 6. The van der Waals surface area contributed by atoms with Gasteiger partial charge in [-0.25, -0.2) is 9.37 Å². The van der Waals surface area contributed by atoms with Gasteiger partial charge in [-0.3, -0.25) is 9.59 Å². The molecule has 3 aromatic rings. The van der Waals surface area contributed by atoms with Crippen LogP contribution in [0.4, 0.5) is 4.39 Å². The first-order valence-electron chi connectivity index (χ1n) is 13.5. The van der Waals surface area contributed by atoms with Gasteiger partial charge in [0.25, 0.3) is 5.91 Å². The molecule has 1 aliphatic carbocycles. The Hall–Kier alpha value is -3.27. The predicted octanol–water partition coefficient (Wildman–Crippen LogP) is 4.37. The molecule has 2 fully saturated rings. The fourth-order valence-electron chi connectivity index (χ4n) is 5.89. The van der Waals surface area contributed by atoms with E-state index in [2.05, 4.69) is 22.4 Å². The molecule has 38 heavy (non-hydrogen) atoms. The molecule has 9 nitrogen and oxygen atoms in total. The summed E-state index contributed by atoms with van der Waals surface area (Å²) in [5, 5.41) is 7.09. The zero-order chi connectivity index (χ0) is 27.0. The molecule has 3 heterocycles. The Bertz CT molecular complexity index is 1310. The molecule has 0 spiro atoms. The van der Waals surface area contributed by atoms with E-state index in [9.17, 15) is 9.59 Å². The van der Waals surface area contributed by atoms with Crippen molar-refractivity contribution < 1.29 is 23.2 Å². The fourth-order valence-corrected chi connectivity index (χ4v) is 5.89. The number of benzene rings is 1. The first-order chi connectivity index (χ1) is 18.3. The molecule has 1 aromatic carbocycles. The van der Waals surface area contributed by atoms with Crippen molar-refractivity contribution in [1.82, 2.24) is 25.3 Å². The monoisotopic (exact) mass is 525 g/mol. The van der Waals surface area contributed by atoms with Crippen molar-refractivity contribution in [1.29, 1.82) is 0 Å². The summed E-state index contributed by atoms with van der Waals surface area (Å²) in [5.74, 6) is -0.309. The molecule has 1 saturated heterocycles. The Morgan fingerprint density at radius 3 is 2.68 bits per heavy atom. The first kappa shape index (κ1) is 26.3. The van der Waals surface area contributed by atoms with Gasteiger partial charge in [0.05, 0.1) is 36.4 Å². The number of hydrogen-bond donors (Lipinski definition) is 2. The van der Waals surface area contributed by atoms with Gasteiger partial charge in [0.15, 0.2) is 5.82 Å². The number of H-pyrrole nitrogens is 1. The van der Waals surface area contributed by atoms with Gasteiger partial charge in [0.2, 0.25) is 5.91 Å². The van der Waals surface area contributed by atoms with Crippen LogP contribution in [-0.2, 0) is 16.0 Å². The Kier molecular flexibility index (Phi) is 7.52. The maximum atomic E-state index is 15.9. The largest absolute Gasteiger partial charge is 0.380 e. The summed E-state index contributed by atoms with van der Waals surface area (Å²) in [4.78, 5) is 35.5. The Balaban J connectivity index is 1.48. The van der Waals surface area contributed by atoms with Gasteiger partial charge in [-0.1, -0.05) is 37.9 Å². The normalized spacial score (nSPS) is 24.4. The number of imidazole rings is 1. The number of halogens is 1. The molecule has 10 heteroatoms. The molecule has 2 amide bonds. The van der Waals surface area contributed by atoms with Crippen molar-refractivity contribution >= 4 is 22.8 Å². The summed E-state index contributed by atoms with van der Waals surface area (Å²) in [5.41, 5.74) is 2.20. The van der Waals surface area contributed by atoms with Crippen LogP contribution in [0.15, 0.2) is 22.9 Å². The average molecular weight is 526 g/mol. The van der Waals surface area contributed by atoms with Crippen molar-refractivity contribution in [2.24, 2.45) is 17.8 Å². The second-order valence-electron chi connectivity index (χ2n) is 11.0. The molecule has 0 bridgehead atoms. The number of nitrogens with zero attached hydrogens (tertiary/aromatic N) is 3. The van der Waals surface area contributed by atoms with Gasteiger partial charge >= 0.3 is 0 Å². The first-order valence-corrected chi connectivity index (χ1v) is 13.5. The number of rotatable bonds is 7. The zero-order valence-electron chi connectivity index (χ0n) is 22.4. The number of carbonyl (C=O) groups is 2. The van der Waals surface area contributed by atoms with E-state index in [0.29, 0.717) is 40.5 Å². The van der Waals surface area contributed by atoms with E-state index >= 15 is 4.39 Å². The molecular weight excluding hydrogens is 489 g/mol. The number of ether oxygens (including phenoxy) is 1. The number of amides is 2. The van der Waals surface area contributed by atoms with E-state index in [4.69, 9.17) is 14.2 Å². The lowest BCUT2D eigenvalue weighted by atomic mass is 9.79. The number of nitrogens with one attached hydrogen (secondary N) is 2. The predicted molar refractivity (Wildman–Crippen MR) is 139 cm³/mol. The topological polar surface area (TPSA) is 113 Å². The molecule has 3 unspecified atom stereocenters. The Morgan fingerprint density at radius 2 is 1.97 bits per heavy atom. The van der Waals surface area contributed by atoms with Crippen LogP contribution in [0.3, 0.4) is 0 Å². The van der Waals surface area contributed by atoms with E-state index in [1.165, 1.54) is 11.2 Å². The third kappa shape index (κ3) is 4.93. The zero-order valence-corrected chi connectivity index (χ0v) is 22.4. The van der Waals surface area contributed by atoms with E-state index < -0.39 is 17.8 Å². The van der Waals surface area contributed by atoms with Crippen molar-refractivity contribution in [3.8, 4) is 0 Å². The van der Waals surface area contributed by atoms with E-state index in [0.717, 1.165) is 25.7 Å². The van der Waals surface area contributed by atoms with Crippen molar-refractivity contribution in [2.75, 3.05) is 27.3 Å². The Morgan fingerprint density at radius 1 is 1.21 bits per heavy atom. The molecule has 2 aliphatic rings. The van der Waals surface area contributed by atoms with Crippen LogP contribution >= 0.6 is 0 Å². The van der Waals surface area contributed by atoms with Crippen LogP contribution in [0.1, 0.15) is 78.9 Å². The third-order valence-electron chi connectivity index (χ3n) is 8.22. The minimum atomic E-state index is -0.452. The van der Waals surface area contributed by atoms with Gasteiger partial charge in [0.1, 0.15) is 23.2 Å². The highest BCUT2D eigenvalue weighted by Crippen LogP contribution is 2.39. The highest BCUT2D eigenvalue weighted by Gasteiger charge is 2.38. The van der Waals surface area contributed by atoms with Gasteiger partial charge in [0, 0.05) is 20.0 Å². The third-order valence-corrected chi connectivity index (χ3v) is 8.22. The van der Waals surface area contributed by atoms with Crippen molar-refractivity contribution in [3.63, 3.8) is 0 Å². The summed E-state index contributed by atoms with van der Waals surface area (Å²) < 4.78 is 26.6. The lowest BCUT2D eigenvalue weighted by Crippen LogP contribution is -2.36. The molecule has 1 saturated carbocycles. The van der Waals surface area contributed by atoms with Crippen molar-refractivity contribution in [3.05, 3.63) is 46.9 Å². The van der Waals surface area contributed by atoms with Crippen LogP contribution in [0.2, 0.25) is 0 Å². The molecule has 1 aliphatic heterocycles. The molecule has 0 radical (unpaired) electrons. The van der Waals surface area contributed by atoms with Crippen molar-refractivity contribution in [2.45, 2.75) is 57.9 Å². The summed E-state index contributed by atoms with van der Waals surface area (Å²) in [6, 6.07) is 3.11. The number of aryl methyl sites for hydroxylation is 1. The number of aromatic amines is 1. The smallest absolute Gasteiger partial charge is 0.257 e. The van der Waals surface area contributed by atoms with E-state index in [1.54, 1.807) is 26.2 Å². The van der Waals surface area contributed by atoms with Crippen LogP contribution in [0.25, 0.3) is 11.0 Å². The molecule has 3 atom stereocenters. The number of carbonyl (C=O) groups excluding carboxylic acids is 2. The van der Waals surface area contributed by atoms with Crippen LogP contribution < -0.4 is 5.32 Å². The Labute approximate surface area is 221 Å². The highest BCUT2D eigenvalue weighted by molar-refractivity contribution is 5.95. The maximum absolute atomic E-state index is 15.9. The van der Waals surface area contributed by atoms with Crippen LogP contribution in [0, 0.1) is 23.6 Å². The van der Waals surface area contributed by atoms with Crippen LogP contribution in [-0.4, -0.2) is 59.1 Å². The molecule has 2 N–H and O–H groups in total. The number of fused-ring (bicyclic) bond motifs is 1. The average Bonchev–Trinajstić information content (AvgIpc) is 3.67. The van der Waals surface area contributed by atoms with E-state index in [1.807, 2.05) is 6.92 Å². The maximum Gasteiger partial charge on any atom is 0.257 e. The lowest BCUT2D eigenvalue weighted by molar-refractivity contribution is -0.133. The SMILES string of the molecule is CCc1nocc1C(=O)NC(c1nc2c(F)c(C3COCC3C(=O)N(C)C)ccc2[nH]1)C1CCC(C)CC1. The van der Waals surface area contributed by atoms with Gasteiger partial charge in [-0.2, -0.15) is 0 Å².